The van der Waals surface area contributed by atoms with Gasteiger partial charge in [0.2, 0.25) is 0 Å². The fraction of sp³-hybridized carbons (Fsp3) is 0.421. The van der Waals surface area contributed by atoms with Gasteiger partial charge in [0.25, 0.3) is 5.91 Å². The first-order valence-corrected chi connectivity index (χ1v) is 9.78. The van der Waals surface area contributed by atoms with Crippen LogP contribution in [0.2, 0.25) is 0 Å². The predicted molar refractivity (Wildman–Crippen MR) is 109 cm³/mol. The van der Waals surface area contributed by atoms with Crippen molar-refractivity contribution in [3.8, 4) is 5.75 Å². The lowest BCUT2D eigenvalue weighted by Crippen LogP contribution is -2.33. The van der Waals surface area contributed by atoms with Crippen molar-refractivity contribution in [2.75, 3.05) is 39.2 Å². The number of rotatable bonds is 8. The van der Waals surface area contributed by atoms with Crippen LogP contribution in [0.1, 0.15) is 23.8 Å². The molecular formula is C19H25N5O2S. The highest BCUT2D eigenvalue weighted by atomic mass is 32.1. The third kappa shape index (κ3) is 4.28. The number of anilines is 1. The van der Waals surface area contributed by atoms with Crippen LogP contribution in [0.4, 0.5) is 5.13 Å². The number of hydrogen-bond acceptors (Lipinski definition) is 6. The molecule has 0 aliphatic rings. The van der Waals surface area contributed by atoms with Crippen LogP contribution in [-0.4, -0.2) is 59.9 Å². The maximum absolute atomic E-state index is 13.2. The van der Waals surface area contributed by atoms with Crippen molar-refractivity contribution in [3.05, 3.63) is 36.2 Å². The normalized spacial score (nSPS) is 11.3. The molecule has 0 saturated heterocycles. The number of hydrogen-bond donors (Lipinski definition) is 0. The smallest absolute Gasteiger partial charge is 0.280 e. The molecule has 0 aliphatic heterocycles. The molecule has 27 heavy (non-hydrogen) atoms. The number of fused-ring (bicyclic) bond motifs is 1. The molecule has 1 aromatic carbocycles. The topological polar surface area (TPSA) is 63.5 Å². The van der Waals surface area contributed by atoms with Gasteiger partial charge >= 0.3 is 0 Å². The average Bonchev–Trinajstić information content (AvgIpc) is 3.30. The number of nitrogens with zero attached hydrogens (tertiary/aromatic N) is 5. The zero-order valence-electron chi connectivity index (χ0n) is 16.2. The van der Waals surface area contributed by atoms with Crippen molar-refractivity contribution in [3.63, 3.8) is 0 Å². The highest BCUT2D eigenvalue weighted by Gasteiger charge is 2.23. The van der Waals surface area contributed by atoms with E-state index in [1.807, 2.05) is 45.4 Å². The van der Waals surface area contributed by atoms with E-state index in [9.17, 15) is 4.79 Å². The maximum atomic E-state index is 13.2. The van der Waals surface area contributed by atoms with E-state index in [2.05, 4.69) is 10.00 Å². The number of ether oxygens (including phenoxy) is 1. The highest BCUT2D eigenvalue weighted by molar-refractivity contribution is 7.22. The Morgan fingerprint density at radius 1 is 1.26 bits per heavy atom. The van der Waals surface area contributed by atoms with E-state index >= 15 is 0 Å². The van der Waals surface area contributed by atoms with E-state index in [0.29, 0.717) is 23.1 Å². The van der Waals surface area contributed by atoms with Crippen molar-refractivity contribution >= 4 is 32.6 Å². The number of para-hydroxylation sites is 1. The average molecular weight is 388 g/mol. The number of methoxy groups -OCH3 is 1. The summed E-state index contributed by atoms with van der Waals surface area (Å²) in [6, 6.07) is 7.57. The minimum Gasteiger partial charge on any atom is -0.494 e. The second-order valence-corrected chi connectivity index (χ2v) is 7.48. The Balaban J connectivity index is 1.94. The van der Waals surface area contributed by atoms with Gasteiger partial charge in [0.05, 0.1) is 11.8 Å². The fourth-order valence-electron chi connectivity index (χ4n) is 2.81. The van der Waals surface area contributed by atoms with Gasteiger partial charge in [0, 0.05) is 19.3 Å². The third-order valence-corrected chi connectivity index (χ3v) is 5.28. The molecular weight excluding hydrogens is 362 g/mol. The summed E-state index contributed by atoms with van der Waals surface area (Å²) in [5, 5.41) is 5.04. The van der Waals surface area contributed by atoms with Crippen LogP contribution < -0.4 is 9.64 Å². The van der Waals surface area contributed by atoms with Gasteiger partial charge in [-0.1, -0.05) is 17.4 Å². The molecule has 0 unspecified atom stereocenters. The Bertz CT molecular complexity index is 918. The molecule has 1 amide bonds. The molecule has 8 heteroatoms. The van der Waals surface area contributed by atoms with Gasteiger partial charge in [0.15, 0.2) is 10.8 Å². The van der Waals surface area contributed by atoms with Gasteiger partial charge in [0.1, 0.15) is 11.3 Å². The van der Waals surface area contributed by atoms with Crippen LogP contribution in [0.15, 0.2) is 30.5 Å². The molecule has 144 valence electrons. The van der Waals surface area contributed by atoms with Crippen molar-refractivity contribution in [1.29, 1.82) is 0 Å². The summed E-state index contributed by atoms with van der Waals surface area (Å²) < 4.78 is 8.17. The van der Waals surface area contributed by atoms with E-state index < -0.39 is 0 Å². The molecule has 7 nitrogen and oxygen atoms in total. The summed E-state index contributed by atoms with van der Waals surface area (Å²) in [5.74, 6) is 0.588. The number of benzene rings is 1. The van der Waals surface area contributed by atoms with Crippen LogP contribution in [-0.2, 0) is 6.54 Å². The SMILES string of the molecule is CCn1ccc(C(=O)N(CCCN(C)C)c2nc3c(OC)cccc3s2)n1. The summed E-state index contributed by atoms with van der Waals surface area (Å²) in [7, 11) is 5.68. The standard InChI is InChI=1S/C19H25N5O2S/c1-5-23-13-10-14(21-23)18(25)24(12-7-11-22(2)3)19-20-17-15(26-4)8-6-9-16(17)27-19/h6,8-10,13H,5,7,11-12H2,1-4H3. The molecule has 0 atom stereocenters. The first kappa shape index (κ1) is 19.3. The van der Waals surface area contributed by atoms with Gasteiger partial charge in [-0.25, -0.2) is 4.98 Å². The molecule has 0 radical (unpaired) electrons. The van der Waals surface area contributed by atoms with Crippen molar-refractivity contribution in [2.45, 2.75) is 19.9 Å². The van der Waals surface area contributed by atoms with Crippen LogP contribution in [0, 0.1) is 0 Å². The van der Waals surface area contributed by atoms with Gasteiger partial charge in [-0.05, 0) is 52.2 Å². The Morgan fingerprint density at radius 3 is 2.74 bits per heavy atom. The molecule has 0 N–H and O–H groups in total. The lowest BCUT2D eigenvalue weighted by molar-refractivity contribution is 0.0980. The second kappa shape index (κ2) is 8.49. The first-order chi connectivity index (χ1) is 13.0. The molecule has 0 spiro atoms. The van der Waals surface area contributed by atoms with Crippen molar-refractivity contribution in [2.24, 2.45) is 0 Å². The van der Waals surface area contributed by atoms with E-state index in [1.165, 1.54) is 11.3 Å². The lowest BCUT2D eigenvalue weighted by Gasteiger charge is -2.20. The number of aryl methyl sites for hydroxylation is 1. The molecule has 0 fully saturated rings. The number of carbonyl (C=O) groups is 1. The summed E-state index contributed by atoms with van der Waals surface area (Å²) in [5.41, 5.74) is 1.22. The minimum atomic E-state index is -0.126. The summed E-state index contributed by atoms with van der Waals surface area (Å²) >= 11 is 1.50. The number of thiazole rings is 1. The van der Waals surface area contributed by atoms with Gasteiger partial charge in [-0.15, -0.1) is 0 Å². The Hall–Kier alpha value is -2.45. The summed E-state index contributed by atoms with van der Waals surface area (Å²) in [4.78, 5) is 21.7. The van der Waals surface area contributed by atoms with Crippen molar-refractivity contribution in [1.82, 2.24) is 19.7 Å². The molecule has 0 saturated carbocycles. The molecule has 0 aliphatic carbocycles. The molecule has 3 rings (SSSR count). The predicted octanol–water partition coefficient (Wildman–Crippen LogP) is 3.12. The fourth-order valence-corrected chi connectivity index (χ4v) is 3.82. The number of carbonyl (C=O) groups excluding carboxylic acids is 1. The number of amides is 1. The van der Waals surface area contributed by atoms with Crippen LogP contribution in [0.5, 0.6) is 5.75 Å². The Labute approximate surface area is 163 Å². The molecule has 0 bridgehead atoms. The Morgan fingerprint density at radius 2 is 2.07 bits per heavy atom. The largest absolute Gasteiger partial charge is 0.494 e. The maximum Gasteiger partial charge on any atom is 0.280 e. The quantitative estimate of drug-likeness (QED) is 0.594. The van der Waals surface area contributed by atoms with Crippen LogP contribution in [0.25, 0.3) is 10.2 Å². The molecule has 2 aromatic heterocycles. The number of aromatic nitrogens is 3. The van der Waals surface area contributed by atoms with E-state index in [0.717, 1.165) is 29.7 Å². The van der Waals surface area contributed by atoms with E-state index in [1.54, 1.807) is 22.8 Å². The van der Waals surface area contributed by atoms with Crippen molar-refractivity contribution < 1.29 is 9.53 Å². The lowest BCUT2D eigenvalue weighted by atomic mass is 10.3. The first-order valence-electron chi connectivity index (χ1n) is 8.97. The van der Waals surface area contributed by atoms with Gasteiger partial charge in [-0.2, -0.15) is 5.10 Å². The van der Waals surface area contributed by atoms with E-state index in [-0.39, 0.29) is 5.91 Å². The van der Waals surface area contributed by atoms with Gasteiger partial charge in [-0.3, -0.25) is 14.4 Å². The summed E-state index contributed by atoms with van der Waals surface area (Å²) in [6.45, 7) is 4.20. The van der Waals surface area contributed by atoms with Crippen LogP contribution >= 0.6 is 11.3 Å². The summed E-state index contributed by atoms with van der Waals surface area (Å²) in [6.07, 6.45) is 2.67. The Kier molecular flexibility index (Phi) is 6.08. The van der Waals surface area contributed by atoms with E-state index in [4.69, 9.17) is 9.72 Å². The monoisotopic (exact) mass is 387 g/mol. The molecule has 2 heterocycles. The molecule has 3 aromatic rings. The van der Waals surface area contributed by atoms with Crippen LogP contribution in [0.3, 0.4) is 0 Å². The zero-order chi connectivity index (χ0) is 19.4. The highest BCUT2D eigenvalue weighted by Crippen LogP contribution is 2.34. The third-order valence-electron chi connectivity index (χ3n) is 4.24. The van der Waals surface area contributed by atoms with Gasteiger partial charge < -0.3 is 9.64 Å². The minimum absolute atomic E-state index is 0.126. The zero-order valence-corrected chi connectivity index (χ0v) is 17.0. The second-order valence-electron chi connectivity index (χ2n) is 6.47.